The van der Waals surface area contributed by atoms with Crippen LogP contribution in [0.15, 0.2) is 48.7 Å². The van der Waals surface area contributed by atoms with E-state index < -0.39 is 0 Å². The normalized spacial score (nSPS) is 9.40. The number of fused-ring (bicyclic) bond motifs is 1. The van der Waals surface area contributed by atoms with Gasteiger partial charge in [0.05, 0.1) is 0 Å². The molecule has 1 N–H and O–H groups in total. The van der Waals surface area contributed by atoms with Crippen LogP contribution in [-0.2, 0) is 16.2 Å². The topological polar surface area (TPSA) is 84.9 Å². The van der Waals surface area contributed by atoms with Crippen molar-refractivity contribution in [1.29, 1.82) is 0 Å². The highest BCUT2D eigenvalue weighted by Crippen LogP contribution is 2.16. The third-order valence-corrected chi connectivity index (χ3v) is 2.59. The van der Waals surface area contributed by atoms with Crippen LogP contribution in [0.3, 0.4) is 0 Å². The van der Waals surface area contributed by atoms with Crippen LogP contribution >= 0.6 is 0 Å². The summed E-state index contributed by atoms with van der Waals surface area (Å²) in [5, 5.41) is 12.5. The van der Waals surface area contributed by atoms with Crippen molar-refractivity contribution in [3.63, 3.8) is 0 Å². The lowest BCUT2D eigenvalue weighted by Crippen LogP contribution is -1.95. The second kappa shape index (κ2) is 6.82. The van der Waals surface area contributed by atoms with Gasteiger partial charge in [-0.15, -0.1) is 5.10 Å². The van der Waals surface area contributed by atoms with E-state index in [0.29, 0.717) is 12.5 Å². The molecule has 6 heteroatoms. The van der Waals surface area contributed by atoms with E-state index in [9.17, 15) is 0 Å². The van der Waals surface area contributed by atoms with Crippen molar-refractivity contribution in [2.24, 2.45) is 0 Å². The van der Waals surface area contributed by atoms with Gasteiger partial charge in [0.15, 0.2) is 0 Å². The van der Waals surface area contributed by atoms with Crippen LogP contribution in [0.25, 0.3) is 10.8 Å². The average Bonchev–Trinajstić information content (AvgIpc) is 2.99. The van der Waals surface area contributed by atoms with E-state index >= 15 is 0 Å². The lowest BCUT2D eigenvalue weighted by atomic mass is 10.1. The Morgan fingerprint density at radius 3 is 2.55 bits per heavy atom. The molecule has 0 amide bonds. The van der Waals surface area contributed by atoms with Crippen LogP contribution in [0.1, 0.15) is 5.56 Å². The van der Waals surface area contributed by atoms with Gasteiger partial charge in [-0.05, 0) is 22.4 Å². The Balaban J connectivity index is 0.000000452. The quantitative estimate of drug-likeness (QED) is 0.785. The van der Waals surface area contributed by atoms with Crippen molar-refractivity contribution in [1.82, 2.24) is 15.4 Å². The molecule has 0 atom stereocenters. The average molecular weight is 269 g/mol. The van der Waals surface area contributed by atoms with Gasteiger partial charge in [0.2, 0.25) is 0 Å². The molecule has 2 aromatic carbocycles. The van der Waals surface area contributed by atoms with Crippen LogP contribution in [0.4, 0.5) is 0 Å². The summed E-state index contributed by atoms with van der Waals surface area (Å²) in [5.74, 6) is 0.512. The lowest BCUT2D eigenvalue weighted by Gasteiger charge is -2.04. The summed E-state index contributed by atoms with van der Waals surface area (Å²) in [6.45, 7) is 0.497. The Kier molecular flexibility index (Phi) is 4.59. The van der Waals surface area contributed by atoms with Crippen molar-refractivity contribution >= 4 is 16.9 Å². The molecule has 0 aliphatic carbocycles. The van der Waals surface area contributed by atoms with E-state index in [0.717, 1.165) is 5.56 Å². The highest BCUT2D eigenvalue weighted by molar-refractivity contribution is 5.82. The highest BCUT2D eigenvalue weighted by Gasteiger charge is 1.99. The van der Waals surface area contributed by atoms with Crippen LogP contribution < -0.4 is 4.74 Å². The fourth-order valence-electron chi connectivity index (χ4n) is 1.75. The largest absolute Gasteiger partial charge is 0.471 e. The first-order valence-corrected chi connectivity index (χ1v) is 5.79. The molecule has 0 unspecified atom stereocenters. The maximum atomic E-state index is 8.12. The zero-order chi connectivity index (χ0) is 14.2. The molecule has 1 heterocycles. The summed E-state index contributed by atoms with van der Waals surface area (Å²) in [6, 6.07) is 14.5. The summed E-state index contributed by atoms with van der Waals surface area (Å²) in [6.07, 6.45) is 1.81. The highest BCUT2D eigenvalue weighted by atomic mass is 16.5. The van der Waals surface area contributed by atoms with Crippen molar-refractivity contribution in [3.05, 3.63) is 54.2 Å². The maximum absolute atomic E-state index is 8.12. The Morgan fingerprint density at radius 1 is 1.10 bits per heavy atom. The molecule has 0 bridgehead atoms. The number of hydrogen-bond acceptors (Lipinski definition) is 5. The van der Waals surface area contributed by atoms with E-state index in [2.05, 4.69) is 45.7 Å². The fraction of sp³-hybridized carbons (Fsp3) is 0.0714. The van der Waals surface area contributed by atoms with E-state index in [1.54, 1.807) is 6.20 Å². The molecule has 0 aliphatic rings. The molecule has 3 rings (SSSR count). The molecule has 0 radical (unpaired) electrons. The van der Waals surface area contributed by atoms with Gasteiger partial charge in [-0.25, -0.2) is 0 Å². The van der Waals surface area contributed by atoms with Gasteiger partial charge in [0.1, 0.15) is 12.8 Å². The Morgan fingerprint density at radius 2 is 1.85 bits per heavy atom. The van der Waals surface area contributed by atoms with E-state index in [4.69, 9.17) is 14.3 Å². The molecule has 0 fully saturated rings. The third-order valence-electron chi connectivity index (χ3n) is 2.59. The number of benzene rings is 2. The summed E-state index contributed by atoms with van der Waals surface area (Å²) in [7, 11) is 0. The molecule has 100 valence electrons. The van der Waals surface area contributed by atoms with Crippen molar-refractivity contribution in [3.8, 4) is 5.88 Å². The predicted molar refractivity (Wildman–Crippen MR) is 69.7 cm³/mol. The Hall–Kier alpha value is -2.98. The zero-order valence-corrected chi connectivity index (χ0v) is 10.4. The van der Waals surface area contributed by atoms with Gasteiger partial charge in [-0.2, -0.15) is 19.9 Å². The molecule has 3 aromatic rings. The van der Waals surface area contributed by atoms with Crippen LogP contribution in [0.2, 0.25) is 0 Å². The van der Waals surface area contributed by atoms with Gasteiger partial charge in [-0.1, -0.05) is 36.4 Å². The number of ether oxygens (including phenoxy) is 1. The van der Waals surface area contributed by atoms with Gasteiger partial charge >= 0.3 is 6.15 Å². The molecule has 0 aliphatic heterocycles. The molecule has 0 saturated carbocycles. The second-order valence-corrected chi connectivity index (χ2v) is 3.86. The minimum Gasteiger partial charge on any atom is -0.471 e. The molecule has 0 spiro atoms. The van der Waals surface area contributed by atoms with Crippen LogP contribution in [0.5, 0.6) is 5.88 Å². The van der Waals surface area contributed by atoms with Crippen molar-refractivity contribution in [2.45, 2.75) is 6.61 Å². The van der Waals surface area contributed by atoms with Gasteiger partial charge in [0.25, 0.3) is 5.88 Å². The van der Waals surface area contributed by atoms with Crippen LogP contribution in [-0.4, -0.2) is 21.6 Å². The molecular formula is C14H11N3O3. The number of aromatic nitrogens is 3. The van der Waals surface area contributed by atoms with Gasteiger partial charge in [-0.3, -0.25) is 0 Å². The number of carbonyl (C=O) groups excluding carboxylic acids is 2. The minimum atomic E-state index is 0.250. The zero-order valence-electron chi connectivity index (χ0n) is 10.4. The third kappa shape index (κ3) is 3.51. The van der Waals surface area contributed by atoms with Gasteiger partial charge < -0.3 is 4.74 Å². The number of hydrogen-bond donors (Lipinski definition) is 1. The van der Waals surface area contributed by atoms with E-state index in [1.165, 1.54) is 10.8 Å². The number of H-pyrrole nitrogens is 1. The number of rotatable bonds is 3. The van der Waals surface area contributed by atoms with E-state index in [-0.39, 0.29) is 6.15 Å². The first-order chi connectivity index (χ1) is 9.83. The predicted octanol–water partition coefficient (Wildman–Crippen LogP) is 1.95. The smallest absolute Gasteiger partial charge is 0.373 e. The molecule has 20 heavy (non-hydrogen) atoms. The van der Waals surface area contributed by atoms with Crippen LogP contribution in [0, 0.1) is 0 Å². The number of nitrogens with one attached hydrogen (secondary N) is 1. The minimum absolute atomic E-state index is 0.250. The van der Waals surface area contributed by atoms with Gasteiger partial charge in [0, 0.05) is 0 Å². The first-order valence-electron chi connectivity index (χ1n) is 5.79. The molecule has 6 nitrogen and oxygen atoms in total. The SMILES string of the molecule is O=C=O.c1ccc2cc(COc3cn[nH]n3)ccc2c1. The summed E-state index contributed by atoms with van der Waals surface area (Å²) in [5.41, 5.74) is 1.12. The fourth-order valence-corrected chi connectivity index (χ4v) is 1.75. The maximum Gasteiger partial charge on any atom is 0.373 e. The molecular weight excluding hydrogens is 258 g/mol. The van der Waals surface area contributed by atoms with Crippen molar-refractivity contribution < 1.29 is 14.3 Å². The second-order valence-electron chi connectivity index (χ2n) is 3.86. The van der Waals surface area contributed by atoms with E-state index in [1.807, 2.05) is 12.1 Å². The summed E-state index contributed by atoms with van der Waals surface area (Å²) < 4.78 is 5.48. The Bertz CT molecular complexity index is 705. The first kappa shape index (κ1) is 13.5. The molecule has 0 saturated heterocycles. The van der Waals surface area contributed by atoms with Crippen molar-refractivity contribution in [2.75, 3.05) is 0 Å². The number of aromatic amines is 1. The standard InChI is InChI=1S/C13H11N3O.CO2/c1-2-4-12-7-10(5-6-11(12)3-1)9-17-13-8-14-16-15-13;2-1-3/h1-8H,9H2,(H,14,15,16);. The summed E-state index contributed by atoms with van der Waals surface area (Å²) >= 11 is 0. The monoisotopic (exact) mass is 269 g/mol. The lowest BCUT2D eigenvalue weighted by molar-refractivity contribution is -0.191. The molecule has 1 aromatic heterocycles. The number of nitrogens with zero attached hydrogens (tertiary/aromatic N) is 2. The summed E-state index contributed by atoms with van der Waals surface area (Å²) in [4.78, 5) is 16.2. The Labute approximate surface area is 114 Å².